The van der Waals surface area contributed by atoms with E-state index in [1.807, 2.05) is 36.1 Å². The maximum Gasteiger partial charge on any atom is 0.293 e. The number of anilines is 1. The smallest absolute Gasteiger partial charge is 0.293 e. The summed E-state index contributed by atoms with van der Waals surface area (Å²) >= 11 is 0. The monoisotopic (exact) mass is 355 g/mol. The van der Waals surface area contributed by atoms with E-state index in [4.69, 9.17) is 10.5 Å². The van der Waals surface area contributed by atoms with Gasteiger partial charge in [0.2, 0.25) is 5.91 Å². The Morgan fingerprint density at radius 2 is 2.04 bits per heavy atom. The Morgan fingerprint density at radius 1 is 1.31 bits per heavy atom. The van der Waals surface area contributed by atoms with Crippen molar-refractivity contribution in [3.63, 3.8) is 0 Å². The van der Waals surface area contributed by atoms with Gasteiger partial charge in [0, 0.05) is 18.2 Å². The first kappa shape index (κ1) is 17.7. The van der Waals surface area contributed by atoms with Crippen LogP contribution < -0.4 is 15.4 Å². The Hall–Kier alpha value is -3.09. The minimum atomic E-state index is -0.677. The SMILES string of the molecule is CCOc1ccc([C@H]2CCCN2c2ccc(C(N)=O)cc2[N+](=O)[O-])cc1. The molecule has 136 valence electrons. The summed E-state index contributed by atoms with van der Waals surface area (Å²) in [5.74, 6) is 0.127. The van der Waals surface area contributed by atoms with Crippen LogP contribution in [0.5, 0.6) is 5.75 Å². The first-order chi connectivity index (χ1) is 12.5. The molecule has 2 aromatic rings. The minimum absolute atomic E-state index is 0.0452. The third kappa shape index (κ3) is 3.46. The van der Waals surface area contributed by atoms with Crippen LogP contribution in [0.25, 0.3) is 0 Å². The average Bonchev–Trinajstić information content (AvgIpc) is 3.11. The van der Waals surface area contributed by atoms with Crippen molar-refractivity contribution in [3.8, 4) is 5.75 Å². The minimum Gasteiger partial charge on any atom is -0.494 e. The summed E-state index contributed by atoms with van der Waals surface area (Å²) in [6.07, 6.45) is 1.84. The fourth-order valence-electron chi connectivity index (χ4n) is 3.42. The molecule has 26 heavy (non-hydrogen) atoms. The summed E-state index contributed by atoms with van der Waals surface area (Å²) in [6.45, 7) is 3.25. The highest BCUT2D eigenvalue weighted by atomic mass is 16.6. The lowest BCUT2D eigenvalue weighted by Crippen LogP contribution is -2.24. The molecule has 0 bridgehead atoms. The van der Waals surface area contributed by atoms with Crippen LogP contribution in [-0.2, 0) is 0 Å². The number of primary amides is 1. The lowest BCUT2D eigenvalue weighted by molar-refractivity contribution is -0.384. The van der Waals surface area contributed by atoms with Gasteiger partial charge in [-0.25, -0.2) is 0 Å². The summed E-state index contributed by atoms with van der Waals surface area (Å²) in [5, 5.41) is 11.5. The second kappa shape index (κ2) is 7.43. The number of amides is 1. The van der Waals surface area contributed by atoms with Gasteiger partial charge in [-0.3, -0.25) is 14.9 Å². The van der Waals surface area contributed by atoms with Crippen molar-refractivity contribution in [2.45, 2.75) is 25.8 Å². The van der Waals surface area contributed by atoms with Crippen LogP contribution in [0.3, 0.4) is 0 Å². The number of carbonyl (C=O) groups is 1. The molecule has 2 aromatic carbocycles. The number of benzene rings is 2. The lowest BCUT2D eigenvalue weighted by atomic mass is 10.0. The third-order valence-electron chi connectivity index (χ3n) is 4.59. The molecule has 1 fully saturated rings. The van der Waals surface area contributed by atoms with Crippen LogP contribution in [0.15, 0.2) is 42.5 Å². The molecule has 0 aliphatic carbocycles. The second-order valence-electron chi connectivity index (χ2n) is 6.18. The van der Waals surface area contributed by atoms with Gasteiger partial charge in [-0.2, -0.15) is 0 Å². The molecule has 0 radical (unpaired) electrons. The highest BCUT2D eigenvalue weighted by Gasteiger charge is 2.31. The average molecular weight is 355 g/mol. The summed E-state index contributed by atoms with van der Waals surface area (Å²) < 4.78 is 5.47. The van der Waals surface area contributed by atoms with Gasteiger partial charge >= 0.3 is 0 Å². The molecule has 0 unspecified atom stereocenters. The molecule has 1 aliphatic heterocycles. The quantitative estimate of drug-likeness (QED) is 0.632. The Kier molecular flexibility index (Phi) is 5.06. The van der Waals surface area contributed by atoms with E-state index in [9.17, 15) is 14.9 Å². The number of carbonyl (C=O) groups excluding carboxylic acids is 1. The zero-order valence-corrected chi connectivity index (χ0v) is 14.6. The summed E-state index contributed by atoms with van der Waals surface area (Å²) in [5.41, 5.74) is 6.89. The van der Waals surface area contributed by atoms with E-state index in [0.717, 1.165) is 24.2 Å². The van der Waals surface area contributed by atoms with E-state index in [1.165, 1.54) is 12.1 Å². The second-order valence-corrected chi connectivity index (χ2v) is 6.18. The summed E-state index contributed by atoms with van der Waals surface area (Å²) in [7, 11) is 0. The number of hydrogen-bond acceptors (Lipinski definition) is 5. The van der Waals surface area contributed by atoms with Gasteiger partial charge < -0.3 is 15.4 Å². The number of ether oxygens (including phenoxy) is 1. The van der Waals surface area contributed by atoms with Crippen LogP contribution >= 0.6 is 0 Å². The molecule has 2 N–H and O–H groups in total. The van der Waals surface area contributed by atoms with Crippen molar-refractivity contribution in [1.82, 2.24) is 0 Å². The van der Waals surface area contributed by atoms with Gasteiger partial charge in [0.15, 0.2) is 0 Å². The van der Waals surface area contributed by atoms with Crippen molar-refractivity contribution in [2.24, 2.45) is 5.73 Å². The van der Waals surface area contributed by atoms with Crippen LogP contribution in [0, 0.1) is 10.1 Å². The van der Waals surface area contributed by atoms with Gasteiger partial charge in [-0.1, -0.05) is 12.1 Å². The van der Waals surface area contributed by atoms with Crippen molar-refractivity contribution >= 4 is 17.3 Å². The van der Waals surface area contributed by atoms with Crippen molar-refractivity contribution < 1.29 is 14.5 Å². The van der Waals surface area contributed by atoms with Gasteiger partial charge in [0.1, 0.15) is 11.4 Å². The van der Waals surface area contributed by atoms with Crippen LogP contribution in [0.4, 0.5) is 11.4 Å². The normalized spacial score (nSPS) is 16.5. The number of nitrogens with two attached hydrogens (primary N) is 1. The summed E-state index contributed by atoms with van der Waals surface area (Å²) in [6, 6.07) is 12.3. The first-order valence-corrected chi connectivity index (χ1v) is 8.59. The van der Waals surface area contributed by atoms with Crippen LogP contribution in [0.1, 0.15) is 41.7 Å². The fourth-order valence-corrected chi connectivity index (χ4v) is 3.42. The molecule has 7 nitrogen and oxygen atoms in total. The lowest BCUT2D eigenvalue weighted by Gasteiger charge is -2.27. The largest absolute Gasteiger partial charge is 0.494 e. The maximum absolute atomic E-state index is 11.5. The van der Waals surface area contributed by atoms with Crippen molar-refractivity contribution in [2.75, 3.05) is 18.1 Å². The molecule has 1 aliphatic rings. The highest BCUT2D eigenvalue weighted by molar-refractivity contribution is 5.94. The third-order valence-corrected chi connectivity index (χ3v) is 4.59. The van der Waals surface area contributed by atoms with Gasteiger partial charge in [0.25, 0.3) is 5.69 Å². The van der Waals surface area contributed by atoms with E-state index in [2.05, 4.69) is 0 Å². The predicted molar refractivity (Wildman–Crippen MR) is 98.5 cm³/mol. The van der Waals surface area contributed by atoms with E-state index in [0.29, 0.717) is 18.8 Å². The number of hydrogen-bond donors (Lipinski definition) is 1. The van der Waals surface area contributed by atoms with Crippen LogP contribution in [-0.4, -0.2) is 24.0 Å². The number of nitro groups is 1. The Bertz CT molecular complexity index is 820. The maximum atomic E-state index is 11.5. The molecular formula is C19H21N3O4. The van der Waals surface area contributed by atoms with Crippen molar-refractivity contribution in [1.29, 1.82) is 0 Å². The topological polar surface area (TPSA) is 98.7 Å². The zero-order valence-electron chi connectivity index (χ0n) is 14.6. The highest BCUT2D eigenvalue weighted by Crippen LogP contribution is 2.41. The zero-order chi connectivity index (χ0) is 18.7. The number of nitrogens with zero attached hydrogens (tertiary/aromatic N) is 2. The Morgan fingerprint density at radius 3 is 2.65 bits per heavy atom. The Labute approximate surface area is 151 Å². The molecule has 3 rings (SSSR count). The van der Waals surface area contributed by atoms with Gasteiger partial charge in [-0.15, -0.1) is 0 Å². The number of rotatable bonds is 6. The van der Waals surface area contributed by atoms with Crippen molar-refractivity contribution in [3.05, 3.63) is 63.7 Å². The van der Waals surface area contributed by atoms with Gasteiger partial charge in [0.05, 0.1) is 17.6 Å². The van der Waals surface area contributed by atoms with Gasteiger partial charge in [-0.05, 0) is 49.6 Å². The Balaban J connectivity index is 1.95. The van der Waals surface area contributed by atoms with E-state index in [1.54, 1.807) is 6.07 Å². The first-order valence-electron chi connectivity index (χ1n) is 8.59. The van der Waals surface area contributed by atoms with E-state index < -0.39 is 10.8 Å². The molecular weight excluding hydrogens is 334 g/mol. The number of nitro benzene ring substituents is 1. The molecule has 1 atom stereocenters. The van der Waals surface area contributed by atoms with Crippen LogP contribution in [0.2, 0.25) is 0 Å². The molecule has 0 spiro atoms. The van der Waals surface area contributed by atoms with E-state index >= 15 is 0 Å². The molecule has 1 amide bonds. The molecule has 1 saturated heterocycles. The molecule has 0 aromatic heterocycles. The fraction of sp³-hybridized carbons (Fsp3) is 0.316. The predicted octanol–water partition coefficient (Wildman–Crippen LogP) is 3.43. The summed E-state index contributed by atoms with van der Waals surface area (Å²) in [4.78, 5) is 24.4. The molecule has 1 heterocycles. The van der Waals surface area contributed by atoms with E-state index in [-0.39, 0.29) is 17.3 Å². The standard InChI is InChI=1S/C19H21N3O4/c1-2-26-15-8-5-13(6-9-15)16-4-3-11-21(16)17-10-7-14(19(20)23)12-18(17)22(24)25/h5-10,12,16H,2-4,11H2,1H3,(H2,20,23)/t16-/m1/s1. The molecule has 0 saturated carbocycles. The molecule has 7 heteroatoms.